The van der Waals surface area contributed by atoms with Gasteiger partial charge >= 0.3 is 5.69 Å². The van der Waals surface area contributed by atoms with Gasteiger partial charge in [-0.3, -0.25) is 10.1 Å². The van der Waals surface area contributed by atoms with Crippen molar-refractivity contribution in [2.75, 3.05) is 5.32 Å². The molecule has 0 fully saturated rings. The van der Waals surface area contributed by atoms with Crippen LogP contribution in [0.25, 0.3) is 0 Å². The van der Waals surface area contributed by atoms with Gasteiger partial charge in [0, 0.05) is 18.2 Å². The first kappa shape index (κ1) is 13.3. The summed E-state index contributed by atoms with van der Waals surface area (Å²) < 4.78 is 26.4. The third-order valence-corrected chi connectivity index (χ3v) is 2.36. The van der Waals surface area contributed by atoms with E-state index in [1.807, 2.05) is 13.8 Å². The molecule has 0 aliphatic rings. The van der Waals surface area contributed by atoms with Crippen LogP contribution in [0.15, 0.2) is 12.1 Å². The van der Waals surface area contributed by atoms with Crippen LogP contribution < -0.4 is 5.32 Å². The van der Waals surface area contributed by atoms with Gasteiger partial charge in [0.15, 0.2) is 0 Å². The molecule has 4 nitrogen and oxygen atoms in total. The van der Waals surface area contributed by atoms with E-state index >= 15 is 0 Å². The highest BCUT2D eigenvalue weighted by Crippen LogP contribution is 2.25. The van der Waals surface area contributed by atoms with Crippen LogP contribution in [0.1, 0.15) is 26.7 Å². The van der Waals surface area contributed by atoms with Crippen LogP contribution >= 0.6 is 0 Å². The Labute approximate surface area is 97.8 Å². The second-order valence-corrected chi connectivity index (χ2v) is 3.87. The minimum Gasteiger partial charge on any atom is -0.380 e. The predicted octanol–water partition coefficient (Wildman–Crippen LogP) is 3.47. The molecule has 1 unspecified atom stereocenters. The second-order valence-electron chi connectivity index (χ2n) is 3.87. The Hall–Kier alpha value is -1.72. The minimum atomic E-state index is -1.17. The first-order valence-corrected chi connectivity index (χ1v) is 5.35. The molecule has 0 bridgehead atoms. The SMILES string of the molecule is CCCC(C)Nc1cc([N+](=O)[O-])c(F)cc1F. The molecular weight excluding hydrogens is 230 g/mol. The van der Waals surface area contributed by atoms with Crippen LogP contribution in [0.4, 0.5) is 20.2 Å². The van der Waals surface area contributed by atoms with Crippen molar-refractivity contribution in [2.45, 2.75) is 32.7 Å². The average molecular weight is 244 g/mol. The zero-order valence-electron chi connectivity index (χ0n) is 9.67. The van der Waals surface area contributed by atoms with Gasteiger partial charge in [-0.25, -0.2) is 4.39 Å². The molecule has 17 heavy (non-hydrogen) atoms. The molecule has 94 valence electrons. The summed E-state index contributed by atoms with van der Waals surface area (Å²) in [6, 6.07) is 1.38. The van der Waals surface area contributed by atoms with Crippen LogP contribution in [0.5, 0.6) is 0 Å². The normalized spacial score (nSPS) is 12.2. The summed E-state index contributed by atoms with van der Waals surface area (Å²) in [5, 5.41) is 13.3. The Balaban J connectivity index is 2.99. The monoisotopic (exact) mass is 244 g/mol. The van der Waals surface area contributed by atoms with Gasteiger partial charge in [0.2, 0.25) is 5.82 Å². The lowest BCUT2D eigenvalue weighted by Crippen LogP contribution is -2.15. The van der Waals surface area contributed by atoms with Gasteiger partial charge in [-0.05, 0) is 13.3 Å². The molecule has 1 N–H and O–H groups in total. The summed E-state index contributed by atoms with van der Waals surface area (Å²) in [5.74, 6) is -1.99. The molecule has 0 aromatic heterocycles. The van der Waals surface area contributed by atoms with E-state index < -0.39 is 22.2 Å². The van der Waals surface area contributed by atoms with E-state index in [9.17, 15) is 18.9 Å². The molecule has 1 aromatic rings. The molecule has 0 aliphatic carbocycles. The number of nitrogens with one attached hydrogen (secondary N) is 1. The summed E-state index contributed by atoms with van der Waals surface area (Å²) in [7, 11) is 0. The van der Waals surface area contributed by atoms with Crippen LogP contribution in [0.2, 0.25) is 0 Å². The quantitative estimate of drug-likeness (QED) is 0.637. The Morgan fingerprint density at radius 3 is 2.59 bits per heavy atom. The van der Waals surface area contributed by atoms with E-state index in [-0.39, 0.29) is 11.7 Å². The minimum absolute atomic E-state index is 0.0282. The molecular formula is C11H14F2N2O2. The highest BCUT2D eigenvalue weighted by atomic mass is 19.1. The molecule has 0 saturated heterocycles. The third kappa shape index (κ3) is 3.37. The summed E-state index contributed by atoms with van der Waals surface area (Å²) in [4.78, 5) is 9.64. The maximum atomic E-state index is 13.4. The van der Waals surface area contributed by atoms with Crippen LogP contribution in [-0.2, 0) is 0 Å². The molecule has 0 saturated carbocycles. The maximum Gasteiger partial charge on any atom is 0.307 e. The van der Waals surface area contributed by atoms with Gasteiger partial charge in [-0.2, -0.15) is 4.39 Å². The fraction of sp³-hybridized carbons (Fsp3) is 0.455. The topological polar surface area (TPSA) is 55.2 Å². The van der Waals surface area contributed by atoms with Crippen molar-refractivity contribution in [1.82, 2.24) is 0 Å². The standard InChI is InChI=1S/C11H14F2N2O2/c1-3-4-7(2)14-10-6-11(15(16)17)9(13)5-8(10)12/h5-7,14H,3-4H2,1-2H3. The van der Waals surface area contributed by atoms with E-state index in [0.717, 1.165) is 18.9 Å². The smallest absolute Gasteiger partial charge is 0.307 e. The van der Waals surface area contributed by atoms with Crippen molar-refractivity contribution in [1.29, 1.82) is 0 Å². The molecule has 0 aliphatic heterocycles. The Morgan fingerprint density at radius 2 is 2.06 bits per heavy atom. The Kier molecular flexibility index (Phi) is 4.37. The highest BCUT2D eigenvalue weighted by Gasteiger charge is 2.19. The Morgan fingerprint density at radius 1 is 1.41 bits per heavy atom. The number of hydrogen-bond donors (Lipinski definition) is 1. The lowest BCUT2D eigenvalue weighted by atomic mass is 10.1. The van der Waals surface area contributed by atoms with Crippen molar-refractivity contribution < 1.29 is 13.7 Å². The van der Waals surface area contributed by atoms with Gasteiger partial charge in [0.1, 0.15) is 5.82 Å². The fourth-order valence-corrected chi connectivity index (χ4v) is 1.56. The molecule has 0 spiro atoms. The number of nitro groups is 1. The zero-order valence-corrected chi connectivity index (χ0v) is 9.67. The van der Waals surface area contributed by atoms with E-state index in [4.69, 9.17) is 0 Å². The fourth-order valence-electron chi connectivity index (χ4n) is 1.56. The largest absolute Gasteiger partial charge is 0.380 e. The van der Waals surface area contributed by atoms with Gasteiger partial charge < -0.3 is 5.32 Å². The third-order valence-electron chi connectivity index (χ3n) is 2.36. The average Bonchev–Trinajstić information content (AvgIpc) is 2.21. The van der Waals surface area contributed by atoms with Gasteiger partial charge in [-0.15, -0.1) is 0 Å². The first-order chi connectivity index (χ1) is 7.95. The lowest BCUT2D eigenvalue weighted by Gasteiger charge is -2.14. The number of hydrogen-bond acceptors (Lipinski definition) is 3. The van der Waals surface area contributed by atoms with Gasteiger partial charge in [0.05, 0.1) is 10.6 Å². The van der Waals surface area contributed by atoms with Crippen LogP contribution in [0.3, 0.4) is 0 Å². The van der Waals surface area contributed by atoms with E-state index in [1.54, 1.807) is 0 Å². The predicted molar refractivity (Wildman–Crippen MR) is 61.0 cm³/mol. The highest BCUT2D eigenvalue weighted by molar-refractivity contribution is 5.53. The van der Waals surface area contributed by atoms with Gasteiger partial charge in [-0.1, -0.05) is 13.3 Å². The van der Waals surface area contributed by atoms with E-state index in [2.05, 4.69) is 5.32 Å². The van der Waals surface area contributed by atoms with Crippen molar-refractivity contribution in [3.8, 4) is 0 Å². The summed E-state index contributed by atoms with van der Waals surface area (Å²) in [5.41, 5.74) is -0.767. The van der Waals surface area contributed by atoms with Crippen molar-refractivity contribution >= 4 is 11.4 Å². The van der Waals surface area contributed by atoms with Gasteiger partial charge in [0.25, 0.3) is 0 Å². The molecule has 1 aromatic carbocycles. The van der Waals surface area contributed by atoms with Crippen molar-refractivity contribution in [3.63, 3.8) is 0 Å². The van der Waals surface area contributed by atoms with Crippen molar-refractivity contribution in [2.24, 2.45) is 0 Å². The molecule has 0 amide bonds. The Bertz CT molecular complexity index is 424. The van der Waals surface area contributed by atoms with Crippen LogP contribution in [0, 0.1) is 21.7 Å². The molecule has 6 heteroatoms. The number of nitro benzene ring substituents is 1. The van der Waals surface area contributed by atoms with E-state index in [0.29, 0.717) is 6.07 Å². The molecule has 1 atom stereocenters. The number of benzene rings is 1. The maximum absolute atomic E-state index is 13.4. The molecule has 0 heterocycles. The number of halogens is 2. The second kappa shape index (κ2) is 5.56. The lowest BCUT2D eigenvalue weighted by molar-refractivity contribution is -0.387. The van der Waals surface area contributed by atoms with Crippen LogP contribution in [-0.4, -0.2) is 11.0 Å². The summed E-state index contributed by atoms with van der Waals surface area (Å²) in [6.07, 6.45) is 1.70. The summed E-state index contributed by atoms with van der Waals surface area (Å²) in [6.45, 7) is 3.81. The zero-order chi connectivity index (χ0) is 13.0. The van der Waals surface area contributed by atoms with Crippen molar-refractivity contribution in [3.05, 3.63) is 33.9 Å². The first-order valence-electron chi connectivity index (χ1n) is 5.35. The molecule has 1 rings (SSSR count). The number of rotatable bonds is 5. The van der Waals surface area contributed by atoms with E-state index in [1.165, 1.54) is 0 Å². The number of anilines is 1. The number of nitrogens with zero attached hydrogens (tertiary/aromatic N) is 1. The molecule has 0 radical (unpaired) electrons. The summed E-state index contributed by atoms with van der Waals surface area (Å²) >= 11 is 0.